The van der Waals surface area contributed by atoms with Crippen LogP contribution >= 0.6 is 24.0 Å². The Morgan fingerprint density at radius 1 is 1.29 bits per heavy atom. The summed E-state index contributed by atoms with van der Waals surface area (Å²) in [5, 5.41) is 18.1. The third kappa shape index (κ3) is 4.01. The molecule has 0 bridgehead atoms. The Bertz CT molecular complexity index is 726. The maximum absolute atomic E-state index is 12.5. The number of hydrogen-bond acceptors (Lipinski definition) is 5. The summed E-state index contributed by atoms with van der Waals surface area (Å²) in [6, 6.07) is 6.09. The number of aliphatic carboxylic acids is 2. The van der Waals surface area contributed by atoms with Crippen LogP contribution in [0.15, 0.2) is 29.2 Å². The summed E-state index contributed by atoms with van der Waals surface area (Å²) in [7, 11) is 0. The van der Waals surface area contributed by atoms with Gasteiger partial charge in [0.2, 0.25) is 0 Å². The van der Waals surface area contributed by atoms with E-state index in [4.69, 9.17) is 17.3 Å². The van der Waals surface area contributed by atoms with Crippen molar-refractivity contribution in [1.29, 1.82) is 0 Å². The van der Waals surface area contributed by atoms with Crippen LogP contribution in [0, 0.1) is 0 Å². The molecule has 1 fully saturated rings. The summed E-state index contributed by atoms with van der Waals surface area (Å²) in [6.45, 7) is 2.04. The fourth-order valence-corrected chi connectivity index (χ4v) is 3.56. The van der Waals surface area contributed by atoms with Crippen LogP contribution in [0.5, 0.6) is 0 Å². The average Bonchev–Trinajstić information content (AvgIpc) is 2.79. The molecule has 0 saturated carbocycles. The first-order valence-corrected chi connectivity index (χ1v) is 8.36. The Hall–Kier alpha value is -2.19. The van der Waals surface area contributed by atoms with E-state index in [1.54, 1.807) is 6.08 Å². The Morgan fingerprint density at radius 2 is 1.92 bits per heavy atom. The number of hydrogen-bond donors (Lipinski definition) is 2. The maximum atomic E-state index is 12.5. The van der Waals surface area contributed by atoms with E-state index in [1.165, 1.54) is 0 Å². The van der Waals surface area contributed by atoms with Crippen LogP contribution in [0.1, 0.15) is 24.5 Å². The van der Waals surface area contributed by atoms with Gasteiger partial charge in [0.1, 0.15) is 10.4 Å². The van der Waals surface area contributed by atoms with E-state index in [0.717, 1.165) is 34.2 Å². The first kappa shape index (κ1) is 18.2. The highest BCUT2D eigenvalue weighted by Gasteiger charge is 2.41. The van der Waals surface area contributed by atoms with Crippen LogP contribution in [-0.4, -0.2) is 43.3 Å². The molecule has 1 amide bonds. The SMILES string of the molecule is CCc1ccc(/C=C2\SC(=S)N([C@H](CC(=O)O)C(=O)O)C2=O)cc1. The van der Waals surface area contributed by atoms with Crippen molar-refractivity contribution in [2.45, 2.75) is 25.8 Å². The van der Waals surface area contributed by atoms with Gasteiger partial charge in [-0.15, -0.1) is 0 Å². The molecule has 6 nitrogen and oxygen atoms in total. The highest BCUT2D eigenvalue weighted by Crippen LogP contribution is 2.34. The van der Waals surface area contributed by atoms with E-state index in [9.17, 15) is 19.5 Å². The molecule has 0 radical (unpaired) electrons. The molecule has 1 aromatic rings. The lowest BCUT2D eigenvalue weighted by Crippen LogP contribution is -2.45. The fourth-order valence-electron chi connectivity index (χ4n) is 2.20. The molecule has 8 heteroatoms. The summed E-state index contributed by atoms with van der Waals surface area (Å²) in [5.74, 6) is -3.30. The topological polar surface area (TPSA) is 94.9 Å². The molecule has 0 aromatic heterocycles. The normalized spacial score (nSPS) is 17.4. The molecule has 1 aliphatic heterocycles. The second kappa shape index (κ2) is 7.59. The Balaban J connectivity index is 2.27. The minimum Gasteiger partial charge on any atom is -0.481 e. The average molecular weight is 365 g/mol. The first-order chi connectivity index (χ1) is 11.3. The lowest BCUT2D eigenvalue weighted by Gasteiger charge is -2.21. The van der Waals surface area contributed by atoms with Gasteiger partial charge in [-0.1, -0.05) is 55.2 Å². The molecule has 1 heterocycles. The number of carbonyl (C=O) groups is 3. The number of benzene rings is 1. The number of carbonyl (C=O) groups excluding carboxylic acids is 1. The molecule has 24 heavy (non-hydrogen) atoms. The summed E-state index contributed by atoms with van der Waals surface area (Å²) in [6.07, 6.45) is 1.82. The second-order valence-electron chi connectivity index (χ2n) is 5.10. The van der Waals surface area contributed by atoms with Crippen LogP contribution in [-0.2, 0) is 20.8 Å². The van der Waals surface area contributed by atoms with E-state index in [-0.39, 0.29) is 9.23 Å². The van der Waals surface area contributed by atoms with Gasteiger partial charge in [-0.25, -0.2) is 4.79 Å². The van der Waals surface area contributed by atoms with Crippen molar-refractivity contribution in [3.63, 3.8) is 0 Å². The summed E-state index contributed by atoms with van der Waals surface area (Å²) < 4.78 is 0.0464. The van der Waals surface area contributed by atoms with E-state index in [2.05, 4.69) is 0 Å². The molecule has 1 atom stereocenters. The Kier molecular flexibility index (Phi) is 5.74. The quantitative estimate of drug-likeness (QED) is 0.590. The summed E-state index contributed by atoms with van der Waals surface area (Å²) >= 11 is 6.04. The minimum absolute atomic E-state index is 0.0464. The third-order valence-electron chi connectivity index (χ3n) is 3.47. The van der Waals surface area contributed by atoms with Crippen LogP contribution in [0.2, 0.25) is 0 Å². The molecule has 2 N–H and O–H groups in total. The largest absolute Gasteiger partial charge is 0.481 e. The molecular weight excluding hydrogens is 350 g/mol. The van der Waals surface area contributed by atoms with Crippen molar-refractivity contribution in [1.82, 2.24) is 4.90 Å². The van der Waals surface area contributed by atoms with Gasteiger partial charge in [0.05, 0.1) is 11.3 Å². The number of aryl methyl sites for hydroxylation is 1. The molecular formula is C16H15NO5S2. The van der Waals surface area contributed by atoms with Gasteiger partial charge in [0.25, 0.3) is 5.91 Å². The number of thioether (sulfide) groups is 1. The lowest BCUT2D eigenvalue weighted by atomic mass is 10.1. The highest BCUT2D eigenvalue weighted by atomic mass is 32.2. The van der Waals surface area contributed by atoms with Crippen molar-refractivity contribution in [3.05, 3.63) is 40.3 Å². The van der Waals surface area contributed by atoms with Crippen molar-refractivity contribution in [3.8, 4) is 0 Å². The van der Waals surface area contributed by atoms with Gasteiger partial charge < -0.3 is 10.2 Å². The smallest absolute Gasteiger partial charge is 0.327 e. The molecule has 0 unspecified atom stereocenters. The van der Waals surface area contributed by atoms with Gasteiger partial charge in [-0.2, -0.15) is 0 Å². The second-order valence-corrected chi connectivity index (χ2v) is 6.77. The molecule has 2 rings (SSSR count). The first-order valence-electron chi connectivity index (χ1n) is 7.14. The van der Waals surface area contributed by atoms with Gasteiger partial charge in [-0.3, -0.25) is 14.5 Å². The van der Waals surface area contributed by atoms with Crippen LogP contribution in [0.4, 0.5) is 0 Å². The van der Waals surface area contributed by atoms with E-state index >= 15 is 0 Å². The van der Waals surface area contributed by atoms with Crippen LogP contribution < -0.4 is 0 Å². The van der Waals surface area contributed by atoms with Gasteiger partial charge >= 0.3 is 11.9 Å². The highest BCUT2D eigenvalue weighted by molar-refractivity contribution is 8.26. The Morgan fingerprint density at radius 3 is 2.42 bits per heavy atom. The van der Waals surface area contributed by atoms with E-state index < -0.39 is 30.3 Å². The number of rotatable bonds is 6. The molecule has 1 saturated heterocycles. The number of carboxylic acid groups (broad SMARTS) is 2. The van der Waals surface area contributed by atoms with Crippen LogP contribution in [0.25, 0.3) is 6.08 Å². The number of nitrogens with zero attached hydrogens (tertiary/aromatic N) is 1. The van der Waals surface area contributed by atoms with Crippen LogP contribution in [0.3, 0.4) is 0 Å². The molecule has 1 aliphatic rings. The number of thiocarbonyl (C=S) groups is 1. The van der Waals surface area contributed by atoms with Gasteiger partial charge in [-0.05, 0) is 23.6 Å². The predicted molar refractivity (Wildman–Crippen MR) is 94.5 cm³/mol. The van der Waals surface area contributed by atoms with Gasteiger partial charge in [0.15, 0.2) is 0 Å². The van der Waals surface area contributed by atoms with Crippen molar-refractivity contribution in [2.75, 3.05) is 0 Å². The fraction of sp³-hybridized carbons (Fsp3) is 0.250. The zero-order chi connectivity index (χ0) is 17.9. The van der Waals surface area contributed by atoms with Gasteiger partial charge in [0, 0.05) is 0 Å². The lowest BCUT2D eigenvalue weighted by molar-refractivity contribution is -0.150. The van der Waals surface area contributed by atoms with Crippen molar-refractivity contribution >= 4 is 52.2 Å². The summed E-state index contributed by atoms with van der Waals surface area (Å²) in [5.41, 5.74) is 1.95. The molecule has 1 aromatic carbocycles. The summed E-state index contributed by atoms with van der Waals surface area (Å²) in [4.78, 5) is 35.8. The zero-order valence-electron chi connectivity index (χ0n) is 12.8. The third-order valence-corrected chi connectivity index (χ3v) is 4.80. The minimum atomic E-state index is -1.51. The predicted octanol–water partition coefficient (Wildman–Crippen LogP) is 2.38. The molecule has 0 spiro atoms. The standard InChI is InChI=1S/C16H15NO5S2/c1-2-9-3-5-10(6-4-9)7-12-14(20)17(16(23)24-12)11(15(21)22)8-13(18)19/h3-7,11H,2,8H2,1H3,(H,18,19)(H,21,22)/b12-7-/t11-/m1/s1. The number of carboxylic acids is 2. The van der Waals surface area contributed by atoms with E-state index in [0.29, 0.717) is 0 Å². The van der Waals surface area contributed by atoms with Crippen molar-refractivity contribution in [2.24, 2.45) is 0 Å². The van der Waals surface area contributed by atoms with Crippen molar-refractivity contribution < 1.29 is 24.6 Å². The molecule has 0 aliphatic carbocycles. The maximum Gasteiger partial charge on any atom is 0.327 e. The van der Waals surface area contributed by atoms with E-state index in [1.807, 2.05) is 31.2 Å². The molecule has 126 valence electrons. The Labute approximate surface area is 148 Å². The number of amides is 1. The monoisotopic (exact) mass is 365 g/mol. The zero-order valence-corrected chi connectivity index (χ0v) is 14.4.